The molecule has 1 heterocycles. The summed E-state index contributed by atoms with van der Waals surface area (Å²) in [5, 5.41) is 6.53. The smallest absolute Gasteiger partial charge is 0.405 e. The molecular formula is C26H30F3N5O. The van der Waals surface area contributed by atoms with Crippen LogP contribution in [-0.2, 0) is 6.54 Å². The highest BCUT2D eigenvalue weighted by Gasteiger charge is 2.32. The zero-order valence-corrected chi connectivity index (χ0v) is 19.6. The van der Waals surface area contributed by atoms with Crippen molar-refractivity contribution in [2.24, 2.45) is 11.7 Å². The molecule has 186 valence electrons. The summed E-state index contributed by atoms with van der Waals surface area (Å²) in [6.45, 7) is 2.87. The van der Waals surface area contributed by atoms with E-state index in [2.05, 4.69) is 31.4 Å². The molecule has 1 fully saturated rings. The van der Waals surface area contributed by atoms with Crippen molar-refractivity contribution in [3.63, 3.8) is 0 Å². The molecular weight excluding hydrogens is 455 g/mol. The third-order valence-corrected chi connectivity index (χ3v) is 6.20. The highest BCUT2D eigenvalue weighted by atomic mass is 19.4. The van der Waals surface area contributed by atoms with Crippen LogP contribution in [0.2, 0.25) is 0 Å². The topological polar surface area (TPSA) is 85.1 Å². The van der Waals surface area contributed by atoms with Crippen molar-refractivity contribution in [3.05, 3.63) is 65.9 Å². The summed E-state index contributed by atoms with van der Waals surface area (Å²) >= 11 is 0. The van der Waals surface area contributed by atoms with Crippen molar-refractivity contribution in [2.45, 2.75) is 51.6 Å². The maximum absolute atomic E-state index is 12.7. The first-order valence-electron chi connectivity index (χ1n) is 11.8. The van der Waals surface area contributed by atoms with E-state index in [-0.39, 0.29) is 18.3 Å². The van der Waals surface area contributed by atoms with Crippen molar-refractivity contribution >= 4 is 11.8 Å². The van der Waals surface area contributed by atoms with E-state index in [1.54, 1.807) is 18.3 Å². The second-order valence-corrected chi connectivity index (χ2v) is 9.00. The van der Waals surface area contributed by atoms with Crippen molar-refractivity contribution in [2.75, 3.05) is 17.2 Å². The molecule has 3 aromatic rings. The van der Waals surface area contributed by atoms with Gasteiger partial charge in [-0.15, -0.1) is 13.2 Å². The van der Waals surface area contributed by atoms with Crippen LogP contribution in [0.5, 0.6) is 5.75 Å². The molecule has 0 bridgehead atoms. The molecule has 1 aromatic heterocycles. The molecule has 9 heteroatoms. The number of benzene rings is 2. The second-order valence-electron chi connectivity index (χ2n) is 9.00. The number of nitrogens with one attached hydrogen (secondary N) is 2. The monoisotopic (exact) mass is 485 g/mol. The normalized spacial score (nSPS) is 18.2. The number of aryl methyl sites for hydroxylation is 1. The molecule has 0 amide bonds. The highest BCUT2D eigenvalue weighted by molar-refractivity contribution is 5.75. The van der Waals surface area contributed by atoms with Gasteiger partial charge in [0.2, 0.25) is 5.95 Å². The molecule has 2 aromatic carbocycles. The number of aromatic nitrogens is 2. The Morgan fingerprint density at radius 3 is 2.54 bits per heavy atom. The van der Waals surface area contributed by atoms with Crippen LogP contribution in [-0.4, -0.2) is 28.9 Å². The van der Waals surface area contributed by atoms with Gasteiger partial charge < -0.3 is 21.1 Å². The standard InChI is InChI=1S/C26H30F3N5O/c1-17-5-4-7-19(13-17)22-16-33-25(34-24(22)31-14-18-9-11-21(30)12-10-18)32-15-20-6-2-3-8-23(20)35-26(27,28)29/h2-8,13,16,18,21H,9-12,14-15,30H2,1H3,(H2,31,32,33,34)/t18-,21-. The molecule has 4 N–H and O–H groups in total. The fraction of sp³-hybridized carbons (Fsp3) is 0.385. The van der Waals surface area contributed by atoms with Crippen LogP contribution in [0.4, 0.5) is 24.9 Å². The van der Waals surface area contributed by atoms with Crippen LogP contribution in [0.25, 0.3) is 11.1 Å². The van der Waals surface area contributed by atoms with Gasteiger partial charge in [0.1, 0.15) is 11.6 Å². The van der Waals surface area contributed by atoms with Gasteiger partial charge in [0.25, 0.3) is 0 Å². The zero-order chi connectivity index (χ0) is 24.8. The lowest BCUT2D eigenvalue weighted by Gasteiger charge is -2.26. The Balaban J connectivity index is 1.53. The van der Waals surface area contributed by atoms with Gasteiger partial charge in [-0.25, -0.2) is 4.98 Å². The third-order valence-electron chi connectivity index (χ3n) is 6.20. The van der Waals surface area contributed by atoms with Gasteiger partial charge in [-0.1, -0.05) is 48.0 Å². The average molecular weight is 486 g/mol. The lowest BCUT2D eigenvalue weighted by molar-refractivity contribution is -0.274. The Kier molecular flexibility index (Phi) is 7.75. The predicted octanol–water partition coefficient (Wildman–Crippen LogP) is 5.89. The first-order valence-corrected chi connectivity index (χ1v) is 11.8. The lowest BCUT2D eigenvalue weighted by atomic mass is 9.86. The molecule has 4 rings (SSSR count). The Morgan fingerprint density at radius 2 is 1.80 bits per heavy atom. The van der Waals surface area contributed by atoms with Gasteiger partial charge in [0.05, 0.1) is 0 Å². The van der Waals surface area contributed by atoms with Crippen LogP contribution < -0.4 is 21.1 Å². The number of nitrogens with two attached hydrogens (primary N) is 1. The fourth-order valence-electron chi connectivity index (χ4n) is 4.31. The van der Waals surface area contributed by atoms with E-state index in [4.69, 9.17) is 5.73 Å². The molecule has 1 aliphatic carbocycles. The van der Waals surface area contributed by atoms with Gasteiger partial charge >= 0.3 is 6.36 Å². The number of ether oxygens (including phenoxy) is 1. The van der Waals surface area contributed by atoms with E-state index in [9.17, 15) is 13.2 Å². The van der Waals surface area contributed by atoms with E-state index in [1.807, 2.05) is 25.1 Å². The summed E-state index contributed by atoms with van der Waals surface area (Å²) in [6.07, 6.45) is 1.16. The van der Waals surface area contributed by atoms with E-state index >= 15 is 0 Å². The molecule has 0 aliphatic heterocycles. The van der Waals surface area contributed by atoms with Gasteiger partial charge in [-0.05, 0) is 50.2 Å². The minimum absolute atomic E-state index is 0.0794. The van der Waals surface area contributed by atoms with E-state index < -0.39 is 6.36 Å². The van der Waals surface area contributed by atoms with Crippen LogP contribution in [0, 0.1) is 12.8 Å². The summed E-state index contributed by atoms with van der Waals surface area (Å²) in [6, 6.07) is 14.4. The zero-order valence-electron chi connectivity index (χ0n) is 19.6. The number of halogens is 3. The second kappa shape index (κ2) is 10.9. The van der Waals surface area contributed by atoms with E-state index in [0.29, 0.717) is 23.2 Å². The summed E-state index contributed by atoms with van der Waals surface area (Å²) in [5.74, 6) is 1.26. The SMILES string of the molecule is Cc1cccc(-c2cnc(NCc3ccccc3OC(F)(F)F)nc2NC[C@H]2CC[C@H](N)CC2)c1. The van der Waals surface area contributed by atoms with Crippen molar-refractivity contribution in [1.29, 1.82) is 0 Å². The molecule has 0 saturated heterocycles. The number of hydrogen-bond acceptors (Lipinski definition) is 6. The molecule has 1 aliphatic rings. The Hall–Kier alpha value is -3.33. The fourth-order valence-corrected chi connectivity index (χ4v) is 4.31. The van der Waals surface area contributed by atoms with E-state index in [0.717, 1.165) is 48.9 Å². The van der Waals surface area contributed by atoms with Gasteiger partial charge in [0, 0.05) is 36.5 Å². The molecule has 1 saturated carbocycles. The summed E-state index contributed by atoms with van der Waals surface area (Å²) in [7, 11) is 0. The minimum Gasteiger partial charge on any atom is -0.405 e. The van der Waals surface area contributed by atoms with Crippen molar-refractivity contribution in [1.82, 2.24) is 9.97 Å². The first kappa shape index (κ1) is 24.8. The largest absolute Gasteiger partial charge is 0.573 e. The molecule has 0 radical (unpaired) electrons. The number of hydrogen-bond donors (Lipinski definition) is 3. The summed E-state index contributed by atoms with van der Waals surface area (Å²) < 4.78 is 42.4. The third kappa shape index (κ3) is 7.08. The van der Waals surface area contributed by atoms with Crippen molar-refractivity contribution < 1.29 is 17.9 Å². The Bertz CT molecular complexity index is 1130. The number of anilines is 2. The number of nitrogens with zero attached hydrogens (tertiary/aromatic N) is 2. The summed E-state index contributed by atoms with van der Waals surface area (Å²) in [5.41, 5.74) is 9.38. The maximum Gasteiger partial charge on any atom is 0.573 e. The molecule has 0 unspecified atom stereocenters. The molecule has 6 nitrogen and oxygen atoms in total. The highest BCUT2D eigenvalue weighted by Crippen LogP contribution is 2.30. The Labute approximate surface area is 203 Å². The van der Waals surface area contributed by atoms with Gasteiger partial charge in [0.15, 0.2) is 0 Å². The number of para-hydroxylation sites is 1. The number of rotatable bonds is 8. The lowest BCUT2D eigenvalue weighted by Crippen LogP contribution is -2.29. The van der Waals surface area contributed by atoms with Crippen LogP contribution in [0.15, 0.2) is 54.7 Å². The molecule has 0 spiro atoms. The molecule has 35 heavy (non-hydrogen) atoms. The Morgan fingerprint density at radius 1 is 1.03 bits per heavy atom. The quantitative estimate of drug-likeness (QED) is 0.369. The van der Waals surface area contributed by atoms with Gasteiger partial charge in [-0.2, -0.15) is 4.98 Å². The average Bonchev–Trinajstić information content (AvgIpc) is 2.82. The van der Waals surface area contributed by atoms with Crippen molar-refractivity contribution in [3.8, 4) is 16.9 Å². The van der Waals surface area contributed by atoms with Crippen LogP contribution in [0.1, 0.15) is 36.8 Å². The van der Waals surface area contributed by atoms with Crippen LogP contribution >= 0.6 is 0 Å². The number of alkyl halides is 3. The maximum atomic E-state index is 12.7. The minimum atomic E-state index is -4.76. The van der Waals surface area contributed by atoms with Crippen LogP contribution in [0.3, 0.4) is 0 Å². The predicted molar refractivity (Wildman–Crippen MR) is 131 cm³/mol. The first-order chi connectivity index (χ1) is 16.8. The molecule has 0 atom stereocenters. The van der Waals surface area contributed by atoms with E-state index in [1.165, 1.54) is 12.1 Å². The van der Waals surface area contributed by atoms with Gasteiger partial charge in [-0.3, -0.25) is 0 Å². The summed E-state index contributed by atoms with van der Waals surface area (Å²) in [4.78, 5) is 9.10.